The Labute approximate surface area is 264 Å². The van der Waals surface area contributed by atoms with Crippen LogP contribution < -0.4 is 20.1 Å². The van der Waals surface area contributed by atoms with Crippen molar-refractivity contribution < 1.29 is 22.3 Å². The third-order valence-electron chi connectivity index (χ3n) is 6.82. The fourth-order valence-electron chi connectivity index (χ4n) is 4.33. The first-order valence-electron chi connectivity index (χ1n) is 13.8. The average molecular weight is 656 g/mol. The van der Waals surface area contributed by atoms with Gasteiger partial charge in [-0.05, 0) is 55.8 Å². The minimum atomic E-state index is -3.11. The van der Waals surface area contributed by atoms with Crippen molar-refractivity contribution in [3.8, 4) is 22.8 Å². The molecule has 3 aromatic carbocycles. The third-order valence-corrected chi connectivity index (χ3v) is 10.2. The maximum absolute atomic E-state index is 13.5. The van der Waals surface area contributed by atoms with Crippen LogP contribution in [0.5, 0.6) is 11.5 Å². The number of nitrogens with one attached hydrogen (secondary N) is 2. The van der Waals surface area contributed by atoms with Gasteiger partial charge in [-0.1, -0.05) is 23.7 Å². The molecule has 13 heteroatoms. The molecular weight excluding hydrogens is 625 g/mol. The molecule has 0 saturated heterocycles. The zero-order valence-electron chi connectivity index (χ0n) is 24.3. The van der Waals surface area contributed by atoms with Gasteiger partial charge in [0.1, 0.15) is 41.1 Å². The molecule has 9 nitrogen and oxygen atoms in total. The molecule has 230 valence electrons. The molecule has 2 N–H and O–H groups in total. The van der Waals surface area contributed by atoms with Crippen molar-refractivity contribution in [1.82, 2.24) is 20.3 Å². The molecule has 0 spiro atoms. The number of benzene rings is 3. The van der Waals surface area contributed by atoms with Crippen LogP contribution in [0.25, 0.3) is 22.2 Å². The van der Waals surface area contributed by atoms with Gasteiger partial charge in [0.25, 0.3) is 0 Å². The fourth-order valence-corrected chi connectivity index (χ4v) is 6.23. The molecule has 0 aliphatic rings. The Morgan fingerprint density at radius 2 is 1.91 bits per heavy atom. The van der Waals surface area contributed by atoms with Gasteiger partial charge in [-0.3, -0.25) is 0 Å². The highest BCUT2D eigenvalue weighted by Crippen LogP contribution is 2.37. The van der Waals surface area contributed by atoms with Crippen LogP contribution in [-0.2, 0) is 23.0 Å². The summed E-state index contributed by atoms with van der Waals surface area (Å²) in [5.74, 6) is 1.39. The molecule has 0 radical (unpaired) electrons. The van der Waals surface area contributed by atoms with E-state index in [2.05, 4.69) is 20.6 Å². The highest BCUT2D eigenvalue weighted by Gasteiger charge is 2.17. The number of sulfone groups is 1. The average Bonchev–Trinajstić information content (AvgIpc) is 3.47. The summed E-state index contributed by atoms with van der Waals surface area (Å²) < 4.78 is 49.1. The Bertz CT molecular complexity index is 1880. The van der Waals surface area contributed by atoms with Gasteiger partial charge >= 0.3 is 0 Å². The lowest BCUT2D eigenvalue weighted by atomic mass is 10.1. The van der Waals surface area contributed by atoms with E-state index in [9.17, 15) is 12.8 Å². The third kappa shape index (κ3) is 7.62. The fraction of sp³-hybridized carbons (Fsp3) is 0.258. The largest absolute Gasteiger partial charge is 0.496 e. The Balaban J connectivity index is 1.32. The Morgan fingerprint density at radius 3 is 2.66 bits per heavy atom. The normalized spacial score (nSPS) is 11.7. The number of nitrogens with zero attached hydrogens (tertiary/aromatic N) is 3. The number of aromatic nitrogens is 3. The van der Waals surface area contributed by atoms with Gasteiger partial charge in [-0.25, -0.2) is 27.8 Å². The van der Waals surface area contributed by atoms with Crippen LogP contribution in [-0.4, -0.2) is 48.0 Å². The quantitative estimate of drug-likeness (QED) is 0.132. The Kier molecular flexibility index (Phi) is 9.94. The van der Waals surface area contributed by atoms with E-state index in [0.717, 1.165) is 21.7 Å². The summed E-state index contributed by atoms with van der Waals surface area (Å²) in [6.07, 6.45) is 1.47. The molecule has 0 saturated carbocycles. The van der Waals surface area contributed by atoms with Crippen molar-refractivity contribution in [2.75, 3.05) is 24.7 Å². The Hall–Kier alpha value is -3.84. The minimum absolute atomic E-state index is 0.0764. The van der Waals surface area contributed by atoms with Gasteiger partial charge in [0, 0.05) is 41.2 Å². The monoisotopic (exact) mass is 655 g/mol. The zero-order valence-corrected chi connectivity index (χ0v) is 26.7. The second-order valence-electron chi connectivity index (χ2n) is 10.2. The first-order chi connectivity index (χ1) is 21.1. The number of ether oxygens (including phenoxy) is 2. The molecule has 5 aromatic rings. The van der Waals surface area contributed by atoms with Crippen molar-refractivity contribution in [2.45, 2.75) is 32.2 Å². The maximum atomic E-state index is 13.5. The van der Waals surface area contributed by atoms with Crippen LogP contribution >= 0.6 is 22.9 Å². The summed E-state index contributed by atoms with van der Waals surface area (Å²) >= 11 is 7.99. The van der Waals surface area contributed by atoms with Gasteiger partial charge in [0.05, 0.1) is 34.3 Å². The summed E-state index contributed by atoms with van der Waals surface area (Å²) in [6.45, 7) is 4.35. The molecule has 0 unspecified atom stereocenters. The van der Waals surface area contributed by atoms with Crippen LogP contribution in [0.1, 0.15) is 24.4 Å². The first-order valence-corrected chi connectivity index (χ1v) is 16.7. The number of anilines is 2. The lowest BCUT2D eigenvalue weighted by Crippen LogP contribution is -2.26. The molecule has 0 atom stereocenters. The maximum Gasteiger partial charge on any atom is 0.153 e. The molecule has 5 rings (SSSR count). The summed E-state index contributed by atoms with van der Waals surface area (Å²) in [4.78, 5) is 13.6. The molecule has 44 heavy (non-hydrogen) atoms. The number of halogens is 2. The van der Waals surface area contributed by atoms with Gasteiger partial charge in [-0.15, -0.1) is 11.3 Å². The zero-order chi connectivity index (χ0) is 31.3. The van der Waals surface area contributed by atoms with E-state index in [1.165, 1.54) is 29.8 Å². The molecule has 0 aliphatic heterocycles. The van der Waals surface area contributed by atoms with Crippen LogP contribution in [0.15, 0.2) is 66.3 Å². The Morgan fingerprint density at radius 1 is 1.07 bits per heavy atom. The highest BCUT2D eigenvalue weighted by molar-refractivity contribution is 7.92. The van der Waals surface area contributed by atoms with E-state index in [0.29, 0.717) is 52.2 Å². The summed E-state index contributed by atoms with van der Waals surface area (Å²) in [6, 6.07) is 15.3. The lowest BCUT2D eigenvalue weighted by Gasteiger charge is -2.13. The number of hydrogen-bond donors (Lipinski definition) is 2. The molecule has 2 aromatic heterocycles. The van der Waals surface area contributed by atoms with Crippen molar-refractivity contribution in [3.05, 3.63) is 87.7 Å². The van der Waals surface area contributed by atoms with Gasteiger partial charge in [-0.2, -0.15) is 0 Å². The predicted molar refractivity (Wildman–Crippen MR) is 173 cm³/mol. The second-order valence-corrected chi connectivity index (χ2v) is 14.2. The van der Waals surface area contributed by atoms with Gasteiger partial charge < -0.3 is 20.1 Å². The van der Waals surface area contributed by atoms with Crippen molar-refractivity contribution >= 4 is 55.2 Å². The topological polar surface area (TPSA) is 115 Å². The van der Waals surface area contributed by atoms with E-state index in [4.69, 9.17) is 26.1 Å². The number of rotatable bonds is 13. The van der Waals surface area contributed by atoms with Crippen LogP contribution in [0.4, 0.5) is 15.9 Å². The van der Waals surface area contributed by atoms with Crippen LogP contribution in [0, 0.1) is 5.82 Å². The summed E-state index contributed by atoms with van der Waals surface area (Å²) in [7, 11) is -1.51. The van der Waals surface area contributed by atoms with Crippen molar-refractivity contribution in [1.29, 1.82) is 0 Å². The van der Waals surface area contributed by atoms with Gasteiger partial charge in [0.2, 0.25) is 0 Å². The van der Waals surface area contributed by atoms with E-state index in [1.807, 2.05) is 23.6 Å². The van der Waals surface area contributed by atoms with Crippen LogP contribution in [0.2, 0.25) is 5.02 Å². The van der Waals surface area contributed by atoms with E-state index in [-0.39, 0.29) is 18.2 Å². The van der Waals surface area contributed by atoms with E-state index >= 15 is 0 Å². The smallest absolute Gasteiger partial charge is 0.153 e. The molecular formula is C31H31ClFN5O4S2. The molecule has 2 heterocycles. The number of thiazole rings is 1. The highest BCUT2D eigenvalue weighted by atomic mass is 35.5. The van der Waals surface area contributed by atoms with E-state index < -0.39 is 15.1 Å². The molecule has 0 aliphatic carbocycles. The van der Waals surface area contributed by atoms with Crippen molar-refractivity contribution in [2.24, 2.45) is 0 Å². The summed E-state index contributed by atoms with van der Waals surface area (Å²) in [5, 5.41) is 9.98. The predicted octanol–water partition coefficient (Wildman–Crippen LogP) is 6.79. The summed E-state index contributed by atoms with van der Waals surface area (Å²) in [5.41, 5.74) is 3.54. The van der Waals surface area contributed by atoms with E-state index in [1.54, 1.807) is 45.2 Å². The molecule has 0 amide bonds. The molecule has 0 bridgehead atoms. The first kappa shape index (κ1) is 31.6. The standard InChI is InChI=1S/C31H31ClFN5O4S2/c1-19(2)44(39,40)10-9-34-15-30-38-27(17-43-30)23-13-24-26(14-29(23)41-3)35-18-36-31(24)37-22-7-8-28(25(32)12-22)42-16-20-5-4-6-21(33)11-20/h4-8,11-14,17-19,34H,9-10,15-16H2,1-3H3,(H,35,36,37). The lowest BCUT2D eigenvalue weighted by molar-refractivity contribution is 0.306. The number of fused-ring (bicyclic) bond motifs is 1. The minimum Gasteiger partial charge on any atom is -0.496 e. The number of hydrogen-bond acceptors (Lipinski definition) is 10. The second kappa shape index (κ2) is 13.9. The number of methoxy groups -OCH3 is 1. The van der Waals surface area contributed by atoms with Crippen LogP contribution in [0.3, 0.4) is 0 Å². The van der Waals surface area contributed by atoms with Crippen molar-refractivity contribution in [3.63, 3.8) is 0 Å². The molecule has 0 fully saturated rings. The SMILES string of the molecule is COc1cc2ncnc(Nc3ccc(OCc4cccc(F)c4)c(Cl)c3)c2cc1-c1csc(CNCCS(=O)(=O)C(C)C)n1. The van der Waals surface area contributed by atoms with Gasteiger partial charge in [0.15, 0.2) is 9.84 Å².